The lowest BCUT2D eigenvalue weighted by atomic mass is 10.0. The van der Waals surface area contributed by atoms with Crippen LogP contribution in [-0.4, -0.2) is 22.8 Å². The monoisotopic (exact) mass is 413 g/mol. The van der Waals surface area contributed by atoms with Gasteiger partial charge in [-0.2, -0.15) is 5.10 Å². The second-order valence-corrected chi connectivity index (χ2v) is 7.67. The number of rotatable bonds is 7. The number of carbonyl (C=O) groups is 1. The summed E-state index contributed by atoms with van der Waals surface area (Å²) in [4.78, 5) is 13.0. The molecule has 1 amide bonds. The highest BCUT2D eigenvalue weighted by molar-refractivity contribution is 5.98. The van der Waals surface area contributed by atoms with Crippen LogP contribution in [0, 0.1) is 6.92 Å². The SMILES string of the molecule is CC[C@H](NC(=O)c1ccc2c(c1)c(C)nn2Cc1cccc(OC)c1)c1ccccc1. The molecule has 0 bridgehead atoms. The number of nitrogens with one attached hydrogen (secondary N) is 1. The first-order valence-corrected chi connectivity index (χ1v) is 10.5. The Bertz CT molecular complexity index is 1200. The van der Waals surface area contributed by atoms with Crippen LogP contribution in [0.15, 0.2) is 72.8 Å². The lowest BCUT2D eigenvalue weighted by Crippen LogP contribution is -2.28. The number of hydrogen-bond donors (Lipinski definition) is 1. The van der Waals surface area contributed by atoms with Gasteiger partial charge in [0, 0.05) is 10.9 Å². The van der Waals surface area contributed by atoms with Crippen LogP contribution in [0.1, 0.15) is 46.6 Å². The molecule has 1 heterocycles. The highest BCUT2D eigenvalue weighted by atomic mass is 16.5. The summed E-state index contributed by atoms with van der Waals surface area (Å²) in [5.41, 5.74) is 4.78. The minimum absolute atomic E-state index is 0.0127. The van der Waals surface area contributed by atoms with Gasteiger partial charge in [-0.15, -0.1) is 0 Å². The van der Waals surface area contributed by atoms with Crippen molar-refractivity contribution in [2.75, 3.05) is 7.11 Å². The summed E-state index contributed by atoms with van der Waals surface area (Å²) in [6.07, 6.45) is 0.829. The molecular weight excluding hydrogens is 386 g/mol. The number of methoxy groups -OCH3 is 1. The maximum atomic E-state index is 13.0. The van der Waals surface area contributed by atoms with Gasteiger partial charge in [-0.05, 0) is 54.8 Å². The fraction of sp³-hybridized carbons (Fsp3) is 0.231. The number of hydrogen-bond acceptors (Lipinski definition) is 3. The van der Waals surface area contributed by atoms with Gasteiger partial charge in [0.2, 0.25) is 0 Å². The van der Waals surface area contributed by atoms with Crippen LogP contribution in [0.5, 0.6) is 5.75 Å². The van der Waals surface area contributed by atoms with E-state index in [1.54, 1.807) is 7.11 Å². The van der Waals surface area contributed by atoms with Crippen LogP contribution in [-0.2, 0) is 6.54 Å². The third-order valence-electron chi connectivity index (χ3n) is 5.58. The Balaban J connectivity index is 1.58. The summed E-state index contributed by atoms with van der Waals surface area (Å²) >= 11 is 0. The molecule has 5 heteroatoms. The fourth-order valence-electron chi connectivity index (χ4n) is 3.89. The van der Waals surface area contributed by atoms with E-state index in [1.807, 2.05) is 78.3 Å². The molecule has 0 aliphatic rings. The zero-order valence-corrected chi connectivity index (χ0v) is 18.1. The quantitative estimate of drug-likeness (QED) is 0.448. The van der Waals surface area contributed by atoms with Crippen LogP contribution in [0.25, 0.3) is 10.9 Å². The molecule has 5 nitrogen and oxygen atoms in total. The molecule has 1 aromatic heterocycles. The van der Waals surface area contributed by atoms with Gasteiger partial charge in [0.25, 0.3) is 5.91 Å². The molecule has 0 unspecified atom stereocenters. The molecule has 4 rings (SSSR count). The van der Waals surface area contributed by atoms with Gasteiger partial charge >= 0.3 is 0 Å². The van der Waals surface area contributed by atoms with Crippen molar-refractivity contribution >= 4 is 16.8 Å². The molecule has 1 atom stereocenters. The Hall–Kier alpha value is -3.60. The maximum absolute atomic E-state index is 13.0. The molecule has 0 saturated carbocycles. The molecule has 158 valence electrons. The Labute approximate surface area is 182 Å². The van der Waals surface area contributed by atoms with E-state index >= 15 is 0 Å². The van der Waals surface area contributed by atoms with Crippen molar-refractivity contribution in [2.24, 2.45) is 0 Å². The Morgan fingerprint density at radius 3 is 2.61 bits per heavy atom. The summed E-state index contributed by atoms with van der Waals surface area (Å²) < 4.78 is 7.30. The van der Waals surface area contributed by atoms with Gasteiger partial charge in [0.05, 0.1) is 30.9 Å². The fourth-order valence-corrected chi connectivity index (χ4v) is 3.89. The van der Waals surface area contributed by atoms with E-state index in [-0.39, 0.29) is 11.9 Å². The van der Waals surface area contributed by atoms with Crippen molar-refractivity contribution in [1.82, 2.24) is 15.1 Å². The summed E-state index contributed by atoms with van der Waals surface area (Å²) in [5.74, 6) is 0.756. The summed E-state index contributed by atoms with van der Waals surface area (Å²) in [7, 11) is 1.67. The van der Waals surface area contributed by atoms with E-state index in [9.17, 15) is 4.79 Å². The maximum Gasteiger partial charge on any atom is 0.251 e. The standard InChI is InChI=1S/C26H27N3O2/c1-4-24(20-10-6-5-7-11-20)27-26(30)21-13-14-25-23(16-21)18(2)28-29(25)17-19-9-8-12-22(15-19)31-3/h5-16,24H,4,17H2,1-3H3,(H,27,30)/t24-/m0/s1. The zero-order valence-electron chi connectivity index (χ0n) is 18.1. The van der Waals surface area contributed by atoms with E-state index < -0.39 is 0 Å². The number of benzene rings is 3. The number of amides is 1. The lowest BCUT2D eigenvalue weighted by molar-refractivity contribution is 0.0935. The average molecular weight is 414 g/mol. The highest BCUT2D eigenvalue weighted by Crippen LogP contribution is 2.23. The minimum atomic E-state index is -0.0717. The molecule has 0 aliphatic heterocycles. The first-order valence-electron chi connectivity index (χ1n) is 10.5. The lowest BCUT2D eigenvalue weighted by Gasteiger charge is -2.17. The first-order chi connectivity index (χ1) is 15.1. The van der Waals surface area contributed by atoms with Crippen LogP contribution < -0.4 is 10.1 Å². The molecule has 0 aliphatic carbocycles. The van der Waals surface area contributed by atoms with E-state index in [1.165, 1.54) is 0 Å². The van der Waals surface area contributed by atoms with Crippen molar-refractivity contribution in [2.45, 2.75) is 32.9 Å². The number of aryl methyl sites for hydroxylation is 1. The Morgan fingerprint density at radius 1 is 1.06 bits per heavy atom. The summed E-state index contributed by atoms with van der Waals surface area (Å²) in [5, 5.41) is 8.86. The number of carbonyl (C=O) groups excluding carboxylic acids is 1. The van der Waals surface area contributed by atoms with E-state index in [0.29, 0.717) is 12.1 Å². The van der Waals surface area contributed by atoms with Gasteiger partial charge < -0.3 is 10.1 Å². The number of nitrogens with zero attached hydrogens (tertiary/aromatic N) is 2. The van der Waals surface area contributed by atoms with Gasteiger partial charge in [0.1, 0.15) is 5.75 Å². The number of ether oxygens (including phenoxy) is 1. The Morgan fingerprint density at radius 2 is 1.87 bits per heavy atom. The predicted molar refractivity (Wildman–Crippen MR) is 124 cm³/mol. The largest absolute Gasteiger partial charge is 0.497 e. The van der Waals surface area contributed by atoms with Crippen molar-refractivity contribution in [3.63, 3.8) is 0 Å². The molecular formula is C26H27N3O2. The van der Waals surface area contributed by atoms with E-state index in [0.717, 1.165) is 39.9 Å². The average Bonchev–Trinajstić information content (AvgIpc) is 3.12. The van der Waals surface area contributed by atoms with Crippen molar-refractivity contribution in [3.8, 4) is 5.75 Å². The molecule has 0 radical (unpaired) electrons. The number of aromatic nitrogens is 2. The second kappa shape index (κ2) is 9.04. The summed E-state index contributed by atoms with van der Waals surface area (Å²) in [6, 6.07) is 23.8. The van der Waals surface area contributed by atoms with Gasteiger partial charge in [-0.3, -0.25) is 9.48 Å². The predicted octanol–water partition coefficient (Wildman–Crippen LogP) is 5.28. The van der Waals surface area contributed by atoms with Gasteiger partial charge in [-0.25, -0.2) is 0 Å². The van der Waals surface area contributed by atoms with Crippen molar-refractivity contribution < 1.29 is 9.53 Å². The number of fused-ring (bicyclic) bond motifs is 1. The molecule has 0 saturated heterocycles. The van der Waals surface area contributed by atoms with Gasteiger partial charge in [-0.1, -0.05) is 49.4 Å². The Kier molecular flexibility index (Phi) is 6.03. The van der Waals surface area contributed by atoms with Gasteiger partial charge in [0.15, 0.2) is 0 Å². The topological polar surface area (TPSA) is 56.2 Å². The molecule has 0 fully saturated rings. The smallest absolute Gasteiger partial charge is 0.251 e. The first kappa shape index (κ1) is 20.7. The van der Waals surface area contributed by atoms with Crippen molar-refractivity contribution in [1.29, 1.82) is 0 Å². The molecule has 3 aromatic carbocycles. The zero-order chi connectivity index (χ0) is 21.8. The van der Waals surface area contributed by atoms with E-state index in [4.69, 9.17) is 9.84 Å². The third kappa shape index (κ3) is 4.45. The highest BCUT2D eigenvalue weighted by Gasteiger charge is 2.16. The van der Waals surface area contributed by atoms with Crippen LogP contribution in [0.4, 0.5) is 0 Å². The van der Waals surface area contributed by atoms with Crippen LogP contribution in [0.2, 0.25) is 0 Å². The van der Waals surface area contributed by atoms with Crippen molar-refractivity contribution in [3.05, 3.63) is 95.2 Å². The van der Waals surface area contributed by atoms with Crippen LogP contribution in [0.3, 0.4) is 0 Å². The van der Waals surface area contributed by atoms with Crippen LogP contribution >= 0.6 is 0 Å². The molecule has 0 spiro atoms. The molecule has 4 aromatic rings. The molecule has 1 N–H and O–H groups in total. The summed E-state index contributed by atoms with van der Waals surface area (Å²) in [6.45, 7) is 4.69. The molecule has 31 heavy (non-hydrogen) atoms. The normalized spacial score (nSPS) is 12.0. The minimum Gasteiger partial charge on any atom is -0.497 e. The van der Waals surface area contributed by atoms with E-state index in [2.05, 4.69) is 18.3 Å². The third-order valence-corrected chi connectivity index (χ3v) is 5.58. The second-order valence-electron chi connectivity index (χ2n) is 7.67.